The minimum Gasteiger partial charge on any atom is -0.494 e. The summed E-state index contributed by atoms with van der Waals surface area (Å²) in [5.41, 5.74) is 4.92. The Morgan fingerprint density at radius 2 is 1.52 bits per heavy atom. The maximum absolute atomic E-state index is 14.0. The van der Waals surface area contributed by atoms with Crippen LogP contribution in [0.2, 0.25) is 0 Å². The van der Waals surface area contributed by atoms with Crippen molar-refractivity contribution in [3.05, 3.63) is 168 Å². The molecule has 1 N–H and O–H groups in total. The molecule has 0 radical (unpaired) electrons. The number of aliphatic hydroxyl groups excluding tert-OH is 1. The topological polar surface area (TPSA) is 101 Å². The summed E-state index contributed by atoms with van der Waals surface area (Å²) < 4.78 is 57.3. The van der Waals surface area contributed by atoms with E-state index < -0.39 is 16.2 Å². The molecule has 6 aromatic rings. The molecule has 61 heavy (non-hydrogen) atoms. The number of aryl methyl sites for hydroxylation is 1. The van der Waals surface area contributed by atoms with Crippen molar-refractivity contribution in [3.63, 3.8) is 0 Å². The number of hydrogen-bond acceptors (Lipinski definition) is 9. The first-order valence-corrected chi connectivity index (χ1v) is 23.4. The second-order valence-electron chi connectivity index (χ2n) is 15.1. The van der Waals surface area contributed by atoms with Crippen molar-refractivity contribution in [1.29, 1.82) is 0 Å². The highest BCUT2D eigenvalue weighted by atomic mass is 32.2. The lowest BCUT2D eigenvalue weighted by atomic mass is 9.92. The highest BCUT2D eigenvalue weighted by molar-refractivity contribution is 8.00. The predicted molar refractivity (Wildman–Crippen MR) is 241 cm³/mol. The van der Waals surface area contributed by atoms with Gasteiger partial charge in [-0.1, -0.05) is 110 Å². The summed E-state index contributed by atoms with van der Waals surface area (Å²) >= 11 is 1.33. The molecular weight excluding hydrogens is 805 g/mol. The first-order valence-electron chi connectivity index (χ1n) is 21.2. The Hall–Kier alpha value is -5.10. The summed E-state index contributed by atoms with van der Waals surface area (Å²) in [5, 5.41) is 11.9. The van der Waals surface area contributed by atoms with Crippen LogP contribution >= 0.6 is 11.8 Å². The van der Waals surface area contributed by atoms with Crippen LogP contribution in [0.3, 0.4) is 0 Å². The van der Waals surface area contributed by atoms with Crippen molar-refractivity contribution in [1.82, 2.24) is 0 Å². The van der Waals surface area contributed by atoms with Gasteiger partial charge >= 0.3 is 10.1 Å². The normalized spacial score (nSPS) is 14.6. The third-order valence-electron chi connectivity index (χ3n) is 10.4. The van der Waals surface area contributed by atoms with Crippen molar-refractivity contribution in [2.75, 3.05) is 19.8 Å². The molecule has 8 nitrogen and oxygen atoms in total. The molecule has 0 saturated carbocycles. The molecule has 2 atom stereocenters. The summed E-state index contributed by atoms with van der Waals surface area (Å²) in [5.74, 6) is 1.83. The molecule has 0 amide bonds. The van der Waals surface area contributed by atoms with Crippen LogP contribution in [-0.4, -0.2) is 39.6 Å². The Morgan fingerprint density at radius 3 is 2.31 bits per heavy atom. The summed E-state index contributed by atoms with van der Waals surface area (Å²) in [6, 6.07) is 45.0. The second kappa shape index (κ2) is 22.1. The van der Waals surface area contributed by atoms with Crippen LogP contribution in [0.1, 0.15) is 80.2 Å². The van der Waals surface area contributed by atoms with Gasteiger partial charge in [-0.2, -0.15) is 8.42 Å². The van der Waals surface area contributed by atoms with Gasteiger partial charge in [-0.3, -0.25) is 0 Å². The van der Waals surface area contributed by atoms with Crippen LogP contribution in [0.25, 0.3) is 11.1 Å². The van der Waals surface area contributed by atoms with E-state index in [1.165, 1.54) is 17.3 Å². The van der Waals surface area contributed by atoms with Gasteiger partial charge in [0.1, 0.15) is 28.2 Å². The number of rotatable bonds is 21. The first kappa shape index (κ1) is 44.0. The van der Waals surface area contributed by atoms with Crippen molar-refractivity contribution < 1.29 is 36.7 Å². The lowest BCUT2D eigenvalue weighted by Gasteiger charge is -2.23. The van der Waals surface area contributed by atoms with Crippen LogP contribution in [0.4, 0.5) is 0 Å². The zero-order valence-corrected chi connectivity index (χ0v) is 36.3. The highest BCUT2D eigenvalue weighted by Gasteiger charge is 2.25. The SMILES string of the molecule is CCCCOc1ccc(Sc2ccc(-c3ccccc3C(O)c3cccc(COCCCCc4ccc(OC5CCCCO5)cc4)c3)cc2S(=O)(=O)Oc2ccccc2)cc1. The number of benzene rings is 6. The fraction of sp³-hybridized carbons (Fsp3) is 0.294. The number of hydrogen-bond donors (Lipinski definition) is 1. The molecule has 0 aliphatic carbocycles. The van der Waals surface area contributed by atoms with Crippen molar-refractivity contribution in [2.24, 2.45) is 0 Å². The van der Waals surface area contributed by atoms with Gasteiger partial charge in [-0.05, 0) is 133 Å². The number of para-hydroxylation sites is 1. The van der Waals surface area contributed by atoms with Crippen LogP contribution in [0, 0.1) is 0 Å². The van der Waals surface area contributed by atoms with Gasteiger partial charge in [0.2, 0.25) is 0 Å². The maximum Gasteiger partial charge on any atom is 0.340 e. The summed E-state index contributed by atoms with van der Waals surface area (Å²) in [6.07, 6.45) is 6.97. The van der Waals surface area contributed by atoms with E-state index in [0.29, 0.717) is 47.0 Å². The number of aliphatic hydroxyl groups is 1. The average molecular weight is 859 g/mol. The van der Waals surface area contributed by atoms with Gasteiger partial charge in [0.15, 0.2) is 6.29 Å². The third kappa shape index (κ3) is 12.7. The lowest BCUT2D eigenvalue weighted by molar-refractivity contribution is -0.105. The standard InChI is InChI=1S/C51H54O8S2/c1-2-3-33-56-42-27-29-45(30-28-42)60-48-31-24-40(36-49(48)61(53,54)59-44-17-5-4-6-18-44)46-19-7-8-20-47(46)51(52)41-16-13-15-39(35-41)37-55-32-11-9-14-38-22-25-43(26-23-38)58-50-21-10-12-34-57-50/h4-8,13,15-20,22-31,35-36,50-52H,2-3,9-12,14,21,32-34,37H2,1H3. The predicted octanol–water partition coefficient (Wildman–Crippen LogP) is 12.0. The third-order valence-corrected chi connectivity index (χ3v) is 12.9. The highest BCUT2D eigenvalue weighted by Crippen LogP contribution is 2.39. The molecular formula is C51H54O8S2. The van der Waals surface area contributed by atoms with Crippen LogP contribution < -0.4 is 13.7 Å². The molecule has 1 heterocycles. The van der Waals surface area contributed by atoms with Crippen molar-refractivity contribution in [3.8, 4) is 28.4 Å². The summed E-state index contributed by atoms with van der Waals surface area (Å²) in [6.45, 7) is 4.58. The van der Waals surface area contributed by atoms with Crippen molar-refractivity contribution >= 4 is 21.9 Å². The van der Waals surface area contributed by atoms with Gasteiger partial charge in [-0.25, -0.2) is 0 Å². The Bertz CT molecular complexity index is 2380. The van der Waals surface area contributed by atoms with Gasteiger partial charge < -0.3 is 28.2 Å². The van der Waals surface area contributed by atoms with Gasteiger partial charge in [0.25, 0.3) is 0 Å². The average Bonchev–Trinajstić information content (AvgIpc) is 3.29. The zero-order chi connectivity index (χ0) is 42.3. The zero-order valence-electron chi connectivity index (χ0n) is 34.6. The first-order chi connectivity index (χ1) is 29.8. The maximum atomic E-state index is 14.0. The molecule has 1 fully saturated rings. The Morgan fingerprint density at radius 1 is 0.738 bits per heavy atom. The van der Waals surface area contributed by atoms with Crippen LogP contribution in [0.15, 0.2) is 160 Å². The fourth-order valence-electron chi connectivity index (χ4n) is 7.11. The molecule has 0 spiro atoms. The minimum absolute atomic E-state index is 0.0264. The molecule has 1 aliphatic rings. The minimum atomic E-state index is -4.27. The van der Waals surface area contributed by atoms with E-state index in [-0.39, 0.29) is 16.9 Å². The van der Waals surface area contributed by atoms with E-state index in [9.17, 15) is 13.5 Å². The molecule has 1 saturated heterocycles. The van der Waals surface area contributed by atoms with E-state index >= 15 is 0 Å². The molecule has 0 aromatic heterocycles. The number of ether oxygens (including phenoxy) is 4. The fourth-order valence-corrected chi connectivity index (χ4v) is 9.41. The lowest BCUT2D eigenvalue weighted by Crippen LogP contribution is -2.24. The molecule has 0 bridgehead atoms. The van der Waals surface area contributed by atoms with Gasteiger partial charge in [0, 0.05) is 22.8 Å². The van der Waals surface area contributed by atoms with Crippen LogP contribution in [0.5, 0.6) is 17.2 Å². The second-order valence-corrected chi connectivity index (χ2v) is 17.7. The van der Waals surface area contributed by atoms with Gasteiger partial charge in [0.05, 0.1) is 19.8 Å². The van der Waals surface area contributed by atoms with E-state index in [1.54, 1.807) is 42.5 Å². The number of unbranched alkanes of at least 4 members (excludes halogenated alkanes) is 2. The van der Waals surface area contributed by atoms with E-state index in [0.717, 1.165) is 79.9 Å². The Labute approximate surface area is 365 Å². The molecule has 7 rings (SSSR count). The molecule has 2 unspecified atom stereocenters. The van der Waals surface area contributed by atoms with Crippen LogP contribution in [-0.2, 0) is 32.6 Å². The van der Waals surface area contributed by atoms with E-state index in [4.69, 9.17) is 23.1 Å². The Kier molecular flexibility index (Phi) is 16.0. The molecule has 6 aromatic carbocycles. The molecule has 1 aliphatic heterocycles. The summed E-state index contributed by atoms with van der Waals surface area (Å²) in [7, 11) is -4.27. The molecule has 10 heteroatoms. The largest absolute Gasteiger partial charge is 0.494 e. The smallest absolute Gasteiger partial charge is 0.340 e. The summed E-state index contributed by atoms with van der Waals surface area (Å²) in [4.78, 5) is 1.39. The molecule has 318 valence electrons. The van der Waals surface area contributed by atoms with E-state index in [1.807, 2.05) is 91.0 Å². The van der Waals surface area contributed by atoms with Gasteiger partial charge in [-0.15, -0.1) is 0 Å². The van der Waals surface area contributed by atoms with Crippen molar-refractivity contribution in [2.45, 2.75) is 92.0 Å². The monoisotopic (exact) mass is 858 g/mol. The Balaban J connectivity index is 1.01. The van der Waals surface area contributed by atoms with E-state index in [2.05, 4.69) is 19.1 Å². The quantitative estimate of drug-likeness (QED) is 0.0560.